The third-order valence-electron chi connectivity index (χ3n) is 2.57. The first-order valence-electron chi connectivity index (χ1n) is 6.09. The Balaban J connectivity index is 2.07. The first-order valence-corrected chi connectivity index (χ1v) is 6.09. The standard InChI is InChI=1S/C15H17NO2/c1-11(2)9-12-5-3-6-13(10-12)16-15(17)14-7-4-8-18-14/h3-8,10-11H,9H2,1-2H3,(H,16,17). The van der Waals surface area contributed by atoms with Crippen molar-refractivity contribution in [1.82, 2.24) is 0 Å². The van der Waals surface area contributed by atoms with Gasteiger partial charge in [0.05, 0.1) is 6.26 Å². The first-order chi connectivity index (χ1) is 8.65. The van der Waals surface area contributed by atoms with Gasteiger partial charge in [0.15, 0.2) is 5.76 Å². The molecule has 1 aromatic heterocycles. The zero-order chi connectivity index (χ0) is 13.0. The maximum absolute atomic E-state index is 11.8. The summed E-state index contributed by atoms with van der Waals surface area (Å²) >= 11 is 0. The molecule has 0 fully saturated rings. The normalized spacial score (nSPS) is 10.6. The summed E-state index contributed by atoms with van der Waals surface area (Å²) < 4.78 is 5.05. The van der Waals surface area contributed by atoms with Gasteiger partial charge in [0, 0.05) is 5.69 Å². The minimum absolute atomic E-state index is 0.221. The van der Waals surface area contributed by atoms with Crippen molar-refractivity contribution in [1.29, 1.82) is 0 Å². The number of anilines is 1. The van der Waals surface area contributed by atoms with Crippen LogP contribution in [0.15, 0.2) is 47.1 Å². The highest BCUT2D eigenvalue weighted by Crippen LogP contribution is 2.15. The van der Waals surface area contributed by atoms with Crippen LogP contribution in [0.5, 0.6) is 0 Å². The Morgan fingerprint density at radius 1 is 1.28 bits per heavy atom. The molecule has 1 N–H and O–H groups in total. The van der Waals surface area contributed by atoms with E-state index in [0.717, 1.165) is 12.1 Å². The molecule has 0 aliphatic carbocycles. The van der Waals surface area contributed by atoms with Crippen LogP contribution >= 0.6 is 0 Å². The smallest absolute Gasteiger partial charge is 0.291 e. The highest BCUT2D eigenvalue weighted by Gasteiger charge is 2.08. The van der Waals surface area contributed by atoms with Gasteiger partial charge in [-0.25, -0.2) is 0 Å². The number of rotatable bonds is 4. The number of carbonyl (C=O) groups is 1. The number of hydrogen-bond donors (Lipinski definition) is 1. The van der Waals surface area contributed by atoms with Crippen molar-refractivity contribution >= 4 is 11.6 Å². The van der Waals surface area contributed by atoms with Crippen molar-refractivity contribution in [2.24, 2.45) is 5.92 Å². The van der Waals surface area contributed by atoms with Crippen molar-refractivity contribution in [3.8, 4) is 0 Å². The quantitative estimate of drug-likeness (QED) is 0.889. The van der Waals surface area contributed by atoms with Gasteiger partial charge in [-0.15, -0.1) is 0 Å². The Morgan fingerprint density at radius 3 is 2.78 bits per heavy atom. The van der Waals surface area contributed by atoms with Gasteiger partial charge in [-0.2, -0.15) is 0 Å². The predicted molar refractivity (Wildman–Crippen MR) is 71.6 cm³/mol. The molecule has 3 heteroatoms. The lowest BCUT2D eigenvalue weighted by molar-refractivity contribution is 0.0996. The molecule has 94 valence electrons. The van der Waals surface area contributed by atoms with Crippen molar-refractivity contribution in [2.75, 3.05) is 5.32 Å². The van der Waals surface area contributed by atoms with E-state index >= 15 is 0 Å². The molecule has 0 saturated heterocycles. The molecule has 1 aromatic carbocycles. The molecular formula is C15H17NO2. The largest absolute Gasteiger partial charge is 0.459 e. The van der Waals surface area contributed by atoms with Crippen molar-refractivity contribution in [3.63, 3.8) is 0 Å². The molecule has 1 amide bonds. The van der Waals surface area contributed by atoms with Crippen LogP contribution in [0.2, 0.25) is 0 Å². The van der Waals surface area contributed by atoms with E-state index in [-0.39, 0.29) is 5.91 Å². The van der Waals surface area contributed by atoms with E-state index in [0.29, 0.717) is 11.7 Å². The minimum atomic E-state index is -0.221. The molecule has 3 nitrogen and oxygen atoms in total. The van der Waals surface area contributed by atoms with Gasteiger partial charge >= 0.3 is 0 Å². The molecule has 1 heterocycles. The van der Waals surface area contributed by atoms with Crippen LogP contribution in [0.1, 0.15) is 30.0 Å². The maximum atomic E-state index is 11.8. The summed E-state index contributed by atoms with van der Waals surface area (Å²) in [5, 5.41) is 2.83. The summed E-state index contributed by atoms with van der Waals surface area (Å²) in [6.07, 6.45) is 2.49. The number of hydrogen-bond acceptors (Lipinski definition) is 2. The molecule has 0 spiro atoms. The first kappa shape index (κ1) is 12.4. The number of amides is 1. The summed E-state index contributed by atoms with van der Waals surface area (Å²) in [6.45, 7) is 4.35. The molecule has 0 radical (unpaired) electrons. The Bertz CT molecular complexity index is 515. The topological polar surface area (TPSA) is 42.2 Å². The lowest BCUT2D eigenvalue weighted by Crippen LogP contribution is -2.11. The molecule has 0 unspecified atom stereocenters. The van der Waals surface area contributed by atoms with E-state index < -0.39 is 0 Å². The molecular weight excluding hydrogens is 226 g/mol. The predicted octanol–water partition coefficient (Wildman–Crippen LogP) is 3.73. The fraction of sp³-hybridized carbons (Fsp3) is 0.267. The Kier molecular flexibility index (Phi) is 3.82. The Morgan fingerprint density at radius 2 is 2.11 bits per heavy atom. The average Bonchev–Trinajstić information content (AvgIpc) is 2.81. The van der Waals surface area contributed by atoms with Crippen LogP contribution in [0.4, 0.5) is 5.69 Å². The third-order valence-corrected chi connectivity index (χ3v) is 2.57. The van der Waals surface area contributed by atoms with Crippen LogP contribution in [0.25, 0.3) is 0 Å². The maximum Gasteiger partial charge on any atom is 0.291 e. The molecule has 2 rings (SSSR count). The van der Waals surface area contributed by atoms with Gasteiger partial charge in [0.2, 0.25) is 0 Å². The minimum Gasteiger partial charge on any atom is -0.459 e. The summed E-state index contributed by atoms with van der Waals surface area (Å²) in [5.41, 5.74) is 2.02. The second kappa shape index (κ2) is 5.54. The number of nitrogens with one attached hydrogen (secondary N) is 1. The van der Waals surface area contributed by atoms with Gasteiger partial charge in [-0.1, -0.05) is 26.0 Å². The van der Waals surface area contributed by atoms with Gasteiger partial charge in [0.25, 0.3) is 5.91 Å². The van der Waals surface area contributed by atoms with Crippen LogP contribution in [0.3, 0.4) is 0 Å². The molecule has 18 heavy (non-hydrogen) atoms. The molecule has 0 saturated carbocycles. The summed E-state index contributed by atoms with van der Waals surface area (Å²) in [5.74, 6) is 0.701. The van der Waals surface area contributed by atoms with Crippen molar-refractivity contribution in [2.45, 2.75) is 20.3 Å². The fourth-order valence-corrected chi connectivity index (χ4v) is 1.85. The summed E-state index contributed by atoms with van der Waals surface area (Å²) in [7, 11) is 0. The SMILES string of the molecule is CC(C)Cc1cccc(NC(=O)c2ccco2)c1. The zero-order valence-corrected chi connectivity index (χ0v) is 10.6. The van der Waals surface area contributed by atoms with E-state index in [1.807, 2.05) is 18.2 Å². The molecule has 0 aliphatic heterocycles. The third kappa shape index (κ3) is 3.23. The lowest BCUT2D eigenvalue weighted by atomic mass is 10.0. The van der Waals surface area contributed by atoms with Crippen molar-refractivity contribution in [3.05, 3.63) is 54.0 Å². The molecule has 0 aliphatic rings. The van der Waals surface area contributed by atoms with Gasteiger partial charge in [0.1, 0.15) is 0 Å². The number of carbonyl (C=O) groups excluding carboxylic acids is 1. The zero-order valence-electron chi connectivity index (χ0n) is 10.6. The molecule has 2 aromatic rings. The second-order valence-electron chi connectivity index (χ2n) is 4.73. The summed E-state index contributed by atoms with van der Waals surface area (Å²) in [4.78, 5) is 11.8. The van der Waals surface area contributed by atoms with Gasteiger partial charge < -0.3 is 9.73 Å². The second-order valence-corrected chi connectivity index (χ2v) is 4.73. The highest BCUT2D eigenvalue weighted by molar-refractivity contribution is 6.02. The Labute approximate surface area is 107 Å². The van der Waals surface area contributed by atoms with E-state index in [1.54, 1.807) is 12.1 Å². The van der Waals surface area contributed by atoms with E-state index in [4.69, 9.17) is 4.42 Å². The lowest BCUT2D eigenvalue weighted by Gasteiger charge is -2.08. The van der Waals surface area contributed by atoms with E-state index in [9.17, 15) is 4.79 Å². The van der Waals surface area contributed by atoms with E-state index in [2.05, 4.69) is 25.2 Å². The van der Waals surface area contributed by atoms with Crippen LogP contribution in [-0.2, 0) is 6.42 Å². The Hall–Kier alpha value is -2.03. The summed E-state index contributed by atoms with van der Waals surface area (Å²) in [6, 6.07) is 11.3. The van der Waals surface area contributed by atoms with Crippen LogP contribution in [0, 0.1) is 5.92 Å². The highest BCUT2D eigenvalue weighted by atomic mass is 16.3. The molecule has 0 atom stereocenters. The number of furan rings is 1. The average molecular weight is 243 g/mol. The van der Waals surface area contributed by atoms with Gasteiger partial charge in [-0.3, -0.25) is 4.79 Å². The van der Waals surface area contributed by atoms with Crippen LogP contribution in [-0.4, -0.2) is 5.91 Å². The van der Waals surface area contributed by atoms with E-state index in [1.165, 1.54) is 11.8 Å². The van der Waals surface area contributed by atoms with Crippen molar-refractivity contribution < 1.29 is 9.21 Å². The van der Waals surface area contributed by atoms with Gasteiger partial charge in [-0.05, 0) is 42.2 Å². The number of benzene rings is 1. The van der Waals surface area contributed by atoms with Crippen LogP contribution < -0.4 is 5.32 Å². The fourth-order valence-electron chi connectivity index (χ4n) is 1.85. The molecule has 0 bridgehead atoms. The monoisotopic (exact) mass is 243 g/mol.